The minimum Gasteiger partial charge on any atom is -0.321 e. The van der Waals surface area contributed by atoms with E-state index in [1.54, 1.807) is 18.2 Å². The maximum absolute atomic E-state index is 12.9. The molecule has 0 fully saturated rings. The second kappa shape index (κ2) is 6.81. The first-order valence-electron chi connectivity index (χ1n) is 8.84. The lowest BCUT2D eigenvalue weighted by molar-refractivity contribution is -0.137. The summed E-state index contributed by atoms with van der Waals surface area (Å²) in [7, 11) is 0. The van der Waals surface area contributed by atoms with Gasteiger partial charge in [0.15, 0.2) is 0 Å². The third-order valence-corrected chi connectivity index (χ3v) is 5.24. The van der Waals surface area contributed by atoms with Crippen molar-refractivity contribution in [1.82, 2.24) is 4.57 Å². The molecular formula is C22H16ClF3N2O. The lowest BCUT2D eigenvalue weighted by Gasteiger charge is -2.10. The third-order valence-electron chi connectivity index (χ3n) is 4.98. The molecule has 0 saturated carbocycles. The number of alkyl halides is 3. The second-order valence-corrected chi connectivity index (χ2v) is 7.34. The zero-order valence-electron chi connectivity index (χ0n) is 15.6. The molecule has 148 valence electrons. The fraction of sp³-hybridized carbons (Fsp3) is 0.136. The second-order valence-electron chi connectivity index (χ2n) is 6.91. The van der Waals surface area contributed by atoms with Crippen LogP contribution in [-0.2, 0) is 11.0 Å². The Morgan fingerprint density at radius 3 is 2.38 bits per heavy atom. The van der Waals surface area contributed by atoms with E-state index >= 15 is 0 Å². The minimum absolute atomic E-state index is 0.169. The van der Waals surface area contributed by atoms with E-state index in [2.05, 4.69) is 5.32 Å². The van der Waals surface area contributed by atoms with Gasteiger partial charge in [-0.1, -0.05) is 17.7 Å². The molecule has 1 amide bonds. The van der Waals surface area contributed by atoms with E-state index in [1.165, 1.54) is 6.07 Å². The predicted molar refractivity (Wildman–Crippen MR) is 108 cm³/mol. The van der Waals surface area contributed by atoms with Gasteiger partial charge >= 0.3 is 6.18 Å². The van der Waals surface area contributed by atoms with Crippen molar-refractivity contribution in [3.8, 4) is 5.69 Å². The number of amides is 1. The lowest BCUT2D eigenvalue weighted by Crippen LogP contribution is -2.06. The summed E-state index contributed by atoms with van der Waals surface area (Å²) in [4.78, 5) is 12.4. The Hall–Kier alpha value is -2.99. The van der Waals surface area contributed by atoms with Crippen LogP contribution in [0.15, 0.2) is 48.5 Å². The Morgan fingerprint density at radius 2 is 1.72 bits per heavy atom. The molecule has 0 radical (unpaired) electrons. The van der Waals surface area contributed by atoms with Crippen LogP contribution in [0.2, 0.25) is 5.02 Å². The summed E-state index contributed by atoms with van der Waals surface area (Å²) in [5.41, 5.74) is 3.79. The van der Waals surface area contributed by atoms with Crippen LogP contribution >= 0.6 is 11.6 Å². The van der Waals surface area contributed by atoms with E-state index in [0.717, 1.165) is 34.8 Å². The highest BCUT2D eigenvalue weighted by Crippen LogP contribution is 2.39. The highest BCUT2D eigenvalue weighted by atomic mass is 35.5. The standard InChI is InChI=1S/C22H16ClF3N2O/c1-12-9-14(13(2)28(12)17-6-4-16(23)5-7-17)10-19-18-8-3-15(22(24,25)26)11-20(18)27-21(19)29/h3-11H,1-2H3,(H,27,29)/b19-10-. The van der Waals surface area contributed by atoms with Crippen molar-refractivity contribution in [2.24, 2.45) is 0 Å². The normalized spacial score (nSPS) is 15.0. The maximum atomic E-state index is 12.9. The number of hydrogen-bond acceptors (Lipinski definition) is 1. The number of halogens is 4. The van der Waals surface area contributed by atoms with Crippen molar-refractivity contribution in [1.29, 1.82) is 0 Å². The largest absolute Gasteiger partial charge is 0.416 e. The molecule has 2 aromatic carbocycles. The van der Waals surface area contributed by atoms with Gasteiger partial charge < -0.3 is 9.88 Å². The molecule has 1 aromatic heterocycles. The molecule has 4 rings (SSSR count). The number of aryl methyl sites for hydroxylation is 1. The van der Waals surface area contributed by atoms with E-state index in [-0.39, 0.29) is 5.69 Å². The summed E-state index contributed by atoms with van der Waals surface area (Å²) in [5, 5.41) is 3.17. The molecule has 3 aromatic rings. The molecule has 0 atom stereocenters. The molecule has 1 aliphatic rings. The topological polar surface area (TPSA) is 34.0 Å². The summed E-state index contributed by atoms with van der Waals surface area (Å²) in [6.07, 6.45) is -2.75. The first-order valence-corrected chi connectivity index (χ1v) is 9.22. The number of carbonyl (C=O) groups excluding carboxylic acids is 1. The predicted octanol–water partition coefficient (Wildman–Crippen LogP) is 6.26. The third kappa shape index (κ3) is 3.44. The number of aromatic nitrogens is 1. The summed E-state index contributed by atoms with van der Waals surface area (Å²) >= 11 is 5.97. The van der Waals surface area contributed by atoms with Crippen LogP contribution in [0.5, 0.6) is 0 Å². The monoisotopic (exact) mass is 416 g/mol. The van der Waals surface area contributed by atoms with Crippen LogP contribution in [0, 0.1) is 13.8 Å². The molecule has 0 aliphatic carbocycles. The fourth-order valence-electron chi connectivity index (χ4n) is 3.59. The zero-order valence-corrected chi connectivity index (χ0v) is 16.3. The number of hydrogen-bond donors (Lipinski definition) is 1. The van der Waals surface area contributed by atoms with Crippen LogP contribution in [0.4, 0.5) is 18.9 Å². The first-order chi connectivity index (χ1) is 13.6. The average Bonchev–Trinajstić information content (AvgIpc) is 3.11. The van der Waals surface area contributed by atoms with Crippen LogP contribution in [-0.4, -0.2) is 10.5 Å². The first kappa shape index (κ1) is 19.3. The number of fused-ring (bicyclic) bond motifs is 1. The van der Waals surface area contributed by atoms with Gasteiger partial charge in [0.25, 0.3) is 5.91 Å². The number of carbonyl (C=O) groups is 1. The number of anilines is 1. The highest BCUT2D eigenvalue weighted by Gasteiger charge is 2.33. The fourth-order valence-corrected chi connectivity index (χ4v) is 3.72. The van der Waals surface area contributed by atoms with Crippen molar-refractivity contribution in [3.63, 3.8) is 0 Å². The average molecular weight is 417 g/mol. The molecule has 0 saturated heterocycles. The Bertz CT molecular complexity index is 1160. The van der Waals surface area contributed by atoms with Gasteiger partial charge in [0.1, 0.15) is 0 Å². The van der Waals surface area contributed by atoms with Gasteiger partial charge in [-0.05, 0) is 68.0 Å². The summed E-state index contributed by atoms with van der Waals surface area (Å²) in [6.45, 7) is 3.87. The van der Waals surface area contributed by atoms with Gasteiger partial charge in [-0.15, -0.1) is 0 Å². The quantitative estimate of drug-likeness (QED) is 0.491. The van der Waals surface area contributed by atoms with Crippen LogP contribution < -0.4 is 5.32 Å². The van der Waals surface area contributed by atoms with Gasteiger partial charge in [0.05, 0.1) is 5.56 Å². The maximum Gasteiger partial charge on any atom is 0.416 e. The molecular weight excluding hydrogens is 401 g/mol. The van der Waals surface area contributed by atoms with Gasteiger partial charge in [-0.25, -0.2) is 0 Å². The Kier molecular flexibility index (Phi) is 4.54. The van der Waals surface area contributed by atoms with Gasteiger partial charge in [0, 0.05) is 38.9 Å². The van der Waals surface area contributed by atoms with Crippen LogP contribution in [0.1, 0.15) is 28.1 Å². The number of nitrogens with zero attached hydrogens (tertiary/aromatic N) is 1. The highest BCUT2D eigenvalue weighted by molar-refractivity contribution is 6.35. The van der Waals surface area contributed by atoms with E-state index in [0.29, 0.717) is 16.2 Å². The summed E-state index contributed by atoms with van der Waals surface area (Å²) in [5.74, 6) is -0.421. The Balaban J connectivity index is 1.78. The number of rotatable bonds is 2. The van der Waals surface area contributed by atoms with Crippen molar-refractivity contribution < 1.29 is 18.0 Å². The van der Waals surface area contributed by atoms with Crippen LogP contribution in [0.25, 0.3) is 17.3 Å². The van der Waals surface area contributed by atoms with Gasteiger partial charge in [-0.2, -0.15) is 13.2 Å². The number of nitrogens with one attached hydrogen (secondary N) is 1. The van der Waals surface area contributed by atoms with Crippen LogP contribution in [0.3, 0.4) is 0 Å². The van der Waals surface area contributed by atoms with E-state index < -0.39 is 17.6 Å². The van der Waals surface area contributed by atoms with E-state index in [4.69, 9.17) is 11.6 Å². The summed E-state index contributed by atoms with van der Waals surface area (Å²) < 4.78 is 40.9. The molecule has 3 nitrogen and oxygen atoms in total. The lowest BCUT2D eigenvalue weighted by atomic mass is 10.0. The van der Waals surface area contributed by atoms with Gasteiger partial charge in [-0.3, -0.25) is 4.79 Å². The minimum atomic E-state index is -4.46. The molecule has 1 N–H and O–H groups in total. The van der Waals surface area contributed by atoms with Crippen molar-refractivity contribution in [3.05, 3.63) is 81.6 Å². The van der Waals surface area contributed by atoms with Crippen molar-refractivity contribution in [2.45, 2.75) is 20.0 Å². The zero-order chi connectivity index (χ0) is 20.9. The molecule has 29 heavy (non-hydrogen) atoms. The Labute approximate surface area is 170 Å². The SMILES string of the molecule is Cc1cc(/C=C2\C(=O)Nc3cc(C(F)(F)F)ccc32)c(C)n1-c1ccc(Cl)cc1. The van der Waals surface area contributed by atoms with Crippen molar-refractivity contribution >= 4 is 34.8 Å². The van der Waals surface area contributed by atoms with Crippen molar-refractivity contribution in [2.75, 3.05) is 5.32 Å². The van der Waals surface area contributed by atoms with E-state index in [9.17, 15) is 18.0 Å². The number of benzene rings is 2. The molecule has 1 aliphatic heterocycles. The molecule has 2 heterocycles. The van der Waals surface area contributed by atoms with Gasteiger partial charge in [0.2, 0.25) is 0 Å². The molecule has 0 unspecified atom stereocenters. The smallest absolute Gasteiger partial charge is 0.321 e. The molecule has 7 heteroatoms. The summed E-state index contributed by atoms with van der Waals surface area (Å²) in [6, 6.07) is 12.6. The Morgan fingerprint density at radius 1 is 1.03 bits per heavy atom. The molecule has 0 bridgehead atoms. The molecule has 0 spiro atoms. The van der Waals surface area contributed by atoms with E-state index in [1.807, 2.05) is 36.6 Å².